The third kappa shape index (κ3) is 4.60. The molecular formula is C23H27ClN4O2. The Bertz CT molecular complexity index is 1030. The molecule has 0 radical (unpaired) electrons. The van der Waals surface area contributed by atoms with Crippen LogP contribution >= 0.6 is 11.6 Å². The van der Waals surface area contributed by atoms with Gasteiger partial charge in [-0.15, -0.1) is 0 Å². The predicted octanol–water partition coefficient (Wildman–Crippen LogP) is 4.94. The van der Waals surface area contributed by atoms with Gasteiger partial charge in [0.2, 0.25) is 0 Å². The molecule has 1 amide bonds. The molecule has 2 aromatic carbocycles. The van der Waals surface area contributed by atoms with Gasteiger partial charge in [0, 0.05) is 43.7 Å². The van der Waals surface area contributed by atoms with E-state index < -0.39 is 5.60 Å². The summed E-state index contributed by atoms with van der Waals surface area (Å²) < 4.78 is 5.47. The van der Waals surface area contributed by atoms with E-state index >= 15 is 0 Å². The summed E-state index contributed by atoms with van der Waals surface area (Å²) in [6.07, 6.45) is 1.53. The van der Waals surface area contributed by atoms with Crippen LogP contribution in [0.5, 0.6) is 0 Å². The summed E-state index contributed by atoms with van der Waals surface area (Å²) in [6.45, 7) is 9.59. The molecule has 1 aliphatic rings. The van der Waals surface area contributed by atoms with Gasteiger partial charge in [0.15, 0.2) is 0 Å². The largest absolute Gasteiger partial charge is 0.444 e. The summed E-state index contributed by atoms with van der Waals surface area (Å²) in [6, 6.07) is 12.5. The summed E-state index contributed by atoms with van der Waals surface area (Å²) in [7, 11) is 0. The Balaban J connectivity index is 1.36. The van der Waals surface area contributed by atoms with Crippen molar-refractivity contribution in [3.8, 4) is 11.1 Å². The maximum Gasteiger partial charge on any atom is 0.410 e. The van der Waals surface area contributed by atoms with E-state index in [2.05, 4.69) is 39.4 Å². The number of hydrogen-bond donors (Lipinski definition) is 1. The van der Waals surface area contributed by atoms with Gasteiger partial charge >= 0.3 is 6.09 Å². The molecule has 1 N–H and O–H groups in total. The van der Waals surface area contributed by atoms with Gasteiger partial charge in [0.25, 0.3) is 0 Å². The SMILES string of the molecule is CC(C)(C)OC(=O)N1CCN(Cc2ccc(-c3ccc4[nH]ncc4c3Cl)cc2)CC1. The predicted molar refractivity (Wildman–Crippen MR) is 120 cm³/mol. The van der Waals surface area contributed by atoms with Crippen molar-refractivity contribution in [3.63, 3.8) is 0 Å². The van der Waals surface area contributed by atoms with Crippen LogP contribution < -0.4 is 0 Å². The molecule has 0 saturated carbocycles. The molecule has 4 rings (SSSR count). The summed E-state index contributed by atoms with van der Waals surface area (Å²) in [4.78, 5) is 16.4. The molecule has 1 saturated heterocycles. The number of aromatic amines is 1. The lowest BCUT2D eigenvalue weighted by Crippen LogP contribution is -2.49. The van der Waals surface area contributed by atoms with Crippen LogP contribution in [0, 0.1) is 0 Å². The van der Waals surface area contributed by atoms with Crippen molar-refractivity contribution < 1.29 is 9.53 Å². The number of ether oxygens (including phenoxy) is 1. The summed E-state index contributed by atoms with van der Waals surface area (Å²) in [5, 5.41) is 8.65. The standard InChI is InChI=1S/C23H27ClN4O2/c1-23(2,3)30-22(29)28-12-10-27(11-13-28)15-16-4-6-17(7-5-16)18-8-9-20-19(21(18)24)14-25-26-20/h4-9,14H,10-13,15H2,1-3H3,(H,25,26). The maximum atomic E-state index is 12.2. The second-order valence-electron chi connectivity index (χ2n) is 8.70. The molecular weight excluding hydrogens is 400 g/mol. The zero-order valence-electron chi connectivity index (χ0n) is 17.6. The number of benzene rings is 2. The number of nitrogens with zero attached hydrogens (tertiary/aromatic N) is 3. The second-order valence-corrected chi connectivity index (χ2v) is 9.08. The Morgan fingerprint density at radius 3 is 2.47 bits per heavy atom. The summed E-state index contributed by atoms with van der Waals surface area (Å²) >= 11 is 6.58. The third-order valence-corrected chi connectivity index (χ3v) is 5.66. The number of rotatable bonds is 3. The van der Waals surface area contributed by atoms with Crippen LogP contribution in [-0.2, 0) is 11.3 Å². The fraction of sp³-hybridized carbons (Fsp3) is 0.391. The first-order valence-corrected chi connectivity index (χ1v) is 10.6. The first-order valence-electron chi connectivity index (χ1n) is 10.2. The normalized spacial score (nSPS) is 15.5. The maximum absolute atomic E-state index is 12.2. The molecule has 1 aliphatic heterocycles. The number of aromatic nitrogens is 2. The first-order chi connectivity index (χ1) is 14.3. The molecule has 0 aliphatic carbocycles. The monoisotopic (exact) mass is 426 g/mol. The highest BCUT2D eigenvalue weighted by Crippen LogP contribution is 2.33. The van der Waals surface area contributed by atoms with E-state index in [1.807, 2.05) is 32.9 Å². The Morgan fingerprint density at radius 2 is 1.80 bits per heavy atom. The highest BCUT2D eigenvalue weighted by molar-refractivity contribution is 6.38. The molecule has 158 valence electrons. The Kier molecular flexibility index (Phi) is 5.71. The minimum absolute atomic E-state index is 0.224. The van der Waals surface area contributed by atoms with Crippen LogP contribution in [0.15, 0.2) is 42.6 Å². The Hall–Kier alpha value is -2.57. The topological polar surface area (TPSA) is 61.5 Å². The molecule has 0 spiro atoms. The zero-order chi connectivity index (χ0) is 21.3. The van der Waals surface area contributed by atoms with Gasteiger partial charge in [-0.2, -0.15) is 5.10 Å². The van der Waals surface area contributed by atoms with Gasteiger partial charge < -0.3 is 9.64 Å². The van der Waals surface area contributed by atoms with Gasteiger partial charge in [-0.05, 0) is 38.0 Å². The van der Waals surface area contributed by atoms with Crippen LogP contribution in [0.1, 0.15) is 26.3 Å². The van der Waals surface area contributed by atoms with E-state index in [0.717, 1.165) is 41.7 Å². The first kappa shape index (κ1) is 20.7. The van der Waals surface area contributed by atoms with Crippen LogP contribution in [0.4, 0.5) is 4.79 Å². The minimum Gasteiger partial charge on any atom is -0.444 e. The molecule has 1 fully saturated rings. The van der Waals surface area contributed by atoms with Crippen molar-refractivity contribution in [3.05, 3.63) is 53.2 Å². The molecule has 2 heterocycles. The van der Waals surface area contributed by atoms with Crippen molar-refractivity contribution >= 4 is 28.6 Å². The van der Waals surface area contributed by atoms with Gasteiger partial charge in [0.1, 0.15) is 5.60 Å². The Morgan fingerprint density at radius 1 is 1.10 bits per heavy atom. The van der Waals surface area contributed by atoms with Crippen LogP contribution in [-0.4, -0.2) is 57.9 Å². The van der Waals surface area contributed by atoms with Gasteiger partial charge in [-0.1, -0.05) is 41.9 Å². The summed E-state index contributed by atoms with van der Waals surface area (Å²) in [5.41, 5.74) is 3.81. The number of carbonyl (C=O) groups is 1. The van der Waals surface area contributed by atoms with Crippen LogP contribution in [0.2, 0.25) is 5.02 Å². The molecule has 7 heteroatoms. The number of nitrogens with one attached hydrogen (secondary N) is 1. The number of H-pyrrole nitrogens is 1. The average molecular weight is 427 g/mol. The van der Waals surface area contributed by atoms with Crippen molar-refractivity contribution in [2.24, 2.45) is 0 Å². The number of fused-ring (bicyclic) bond motifs is 1. The van der Waals surface area contributed by atoms with Gasteiger partial charge in [-0.25, -0.2) is 4.79 Å². The lowest BCUT2D eigenvalue weighted by atomic mass is 10.0. The molecule has 30 heavy (non-hydrogen) atoms. The lowest BCUT2D eigenvalue weighted by molar-refractivity contribution is 0.0139. The molecule has 0 unspecified atom stereocenters. The fourth-order valence-electron chi connectivity index (χ4n) is 3.67. The molecule has 1 aromatic heterocycles. The van der Waals surface area contributed by atoms with Crippen molar-refractivity contribution in [1.82, 2.24) is 20.0 Å². The number of halogens is 1. The molecule has 0 atom stereocenters. The Labute approximate surface area is 181 Å². The number of amides is 1. The van der Waals surface area contributed by atoms with E-state index in [1.165, 1.54) is 5.56 Å². The second kappa shape index (κ2) is 8.28. The fourth-order valence-corrected chi connectivity index (χ4v) is 3.99. The number of piperazine rings is 1. The summed E-state index contributed by atoms with van der Waals surface area (Å²) in [5.74, 6) is 0. The highest BCUT2D eigenvalue weighted by Gasteiger charge is 2.25. The van der Waals surface area contributed by atoms with E-state index in [1.54, 1.807) is 11.1 Å². The highest BCUT2D eigenvalue weighted by atomic mass is 35.5. The van der Waals surface area contributed by atoms with Crippen molar-refractivity contribution in [2.75, 3.05) is 26.2 Å². The smallest absolute Gasteiger partial charge is 0.410 e. The van der Waals surface area contributed by atoms with E-state index in [4.69, 9.17) is 16.3 Å². The number of hydrogen-bond acceptors (Lipinski definition) is 4. The van der Waals surface area contributed by atoms with Gasteiger partial charge in [-0.3, -0.25) is 10.00 Å². The average Bonchev–Trinajstić information content (AvgIpc) is 3.18. The van der Waals surface area contributed by atoms with Crippen LogP contribution in [0.25, 0.3) is 22.0 Å². The van der Waals surface area contributed by atoms with Crippen molar-refractivity contribution in [1.29, 1.82) is 0 Å². The van der Waals surface area contributed by atoms with Crippen molar-refractivity contribution in [2.45, 2.75) is 32.9 Å². The zero-order valence-corrected chi connectivity index (χ0v) is 18.4. The number of carbonyl (C=O) groups excluding carboxylic acids is 1. The molecule has 3 aromatic rings. The van der Waals surface area contributed by atoms with E-state index in [-0.39, 0.29) is 6.09 Å². The molecule has 6 nitrogen and oxygen atoms in total. The minimum atomic E-state index is -0.457. The quantitative estimate of drug-likeness (QED) is 0.644. The van der Waals surface area contributed by atoms with E-state index in [0.29, 0.717) is 18.1 Å². The van der Waals surface area contributed by atoms with E-state index in [9.17, 15) is 4.79 Å². The molecule has 0 bridgehead atoms. The van der Waals surface area contributed by atoms with Gasteiger partial charge in [0.05, 0.1) is 16.7 Å². The van der Waals surface area contributed by atoms with Crippen LogP contribution in [0.3, 0.4) is 0 Å². The lowest BCUT2D eigenvalue weighted by Gasteiger charge is -2.35. The third-order valence-electron chi connectivity index (χ3n) is 5.25.